The molecule has 0 radical (unpaired) electrons. The maximum absolute atomic E-state index is 11.7. The van der Waals surface area contributed by atoms with Crippen molar-refractivity contribution in [3.8, 4) is 0 Å². The lowest BCUT2D eigenvalue weighted by Gasteiger charge is -2.30. The zero-order chi connectivity index (χ0) is 16.2. The van der Waals surface area contributed by atoms with Crippen LogP contribution in [0.3, 0.4) is 0 Å². The van der Waals surface area contributed by atoms with E-state index in [1.54, 1.807) is 6.92 Å². The van der Waals surface area contributed by atoms with Crippen LogP contribution in [0.25, 0.3) is 0 Å². The molecule has 2 fully saturated rings. The second-order valence-corrected chi connectivity index (χ2v) is 6.99. The summed E-state index contributed by atoms with van der Waals surface area (Å²) in [6.07, 6.45) is 2.30. The second kappa shape index (κ2) is 4.95. The quantitative estimate of drug-likeness (QED) is 0.454. The van der Waals surface area contributed by atoms with Crippen LogP contribution < -0.4 is 0 Å². The first-order chi connectivity index (χ1) is 10.2. The molecule has 2 aliphatic carbocycles. The van der Waals surface area contributed by atoms with Gasteiger partial charge in [0.1, 0.15) is 12.2 Å². The molecule has 1 heterocycles. The van der Waals surface area contributed by atoms with E-state index in [-0.39, 0.29) is 41.9 Å². The molecule has 5 nitrogen and oxygen atoms in total. The molecule has 6 atom stereocenters. The maximum atomic E-state index is 11.7. The van der Waals surface area contributed by atoms with Crippen molar-refractivity contribution in [3.05, 3.63) is 23.8 Å². The lowest BCUT2D eigenvalue weighted by Crippen LogP contribution is -2.33. The van der Waals surface area contributed by atoms with Crippen molar-refractivity contribution < 1.29 is 24.2 Å². The van der Waals surface area contributed by atoms with Gasteiger partial charge in [0.2, 0.25) is 0 Å². The largest absolute Gasteiger partial charge is 0.462 e. The van der Waals surface area contributed by atoms with Gasteiger partial charge in [0.25, 0.3) is 0 Å². The summed E-state index contributed by atoms with van der Waals surface area (Å²) in [5.74, 6) is -0.938. The predicted molar refractivity (Wildman–Crippen MR) is 78.7 cm³/mol. The van der Waals surface area contributed by atoms with Gasteiger partial charge >= 0.3 is 11.9 Å². The minimum atomic E-state index is -0.944. The maximum Gasteiger partial charge on any atom is 0.334 e. The number of carbonyl (C=O) groups is 2. The number of hydrogen-bond donors (Lipinski definition) is 1. The molecule has 1 saturated heterocycles. The zero-order valence-electron chi connectivity index (χ0n) is 13.2. The van der Waals surface area contributed by atoms with E-state index in [0.29, 0.717) is 18.4 Å². The molecule has 22 heavy (non-hydrogen) atoms. The van der Waals surface area contributed by atoms with Crippen molar-refractivity contribution in [2.75, 3.05) is 0 Å². The van der Waals surface area contributed by atoms with Crippen molar-refractivity contribution in [2.24, 2.45) is 17.8 Å². The summed E-state index contributed by atoms with van der Waals surface area (Å²) >= 11 is 0. The van der Waals surface area contributed by atoms with Crippen LogP contribution in [-0.4, -0.2) is 34.9 Å². The SMILES string of the molecule is C=C1C(=O)O[C@H]2C=C(C)[C@H]3[C@@H](OC(C)=O)C[C@@](C)(O)[C@@H]3C[C@@H]12. The Morgan fingerprint density at radius 3 is 2.86 bits per heavy atom. The van der Waals surface area contributed by atoms with E-state index in [9.17, 15) is 14.7 Å². The molecule has 3 aliphatic rings. The first-order valence-corrected chi connectivity index (χ1v) is 7.68. The average molecular weight is 306 g/mol. The number of rotatable bonds is 1. The second-order valence-electron chi connectivity index (χ2n) is 6.99. The van der Waals surface area contributed by atoms with Crippen LogP contribution in [0.1, 0.15) is 33.6 Å². The number of aliphatic hydroxyl groups is 1. The summed E-state index contributed by atoms with van der Waals surface area (Å²) in [7, 11) is 0. The molecule has 0 spiro atoms. The number of hydrogen-bond acceptors (Lipinski definition) is 5. The molecule has 0 amide bonds. The van der Waals surface area contributed by atoms with Crippen LogP contribution in [0.4, 0.5) is 0 Å². The summed E-state index contributed by atoms with van der Waals surface area (Å²) in [6.45, 7) is 8.96. The monoisotopic (exact) mass is 306 g/mol. The fourth-order valence-corrected chi connectivity index (χ4v) is 4.37. The van der Waals surface area contributed by atoms with Crippen LogP contribution >= 0.6 is 0 Å². The van der Waals surface area contributed by atoms with Gasteiger partial charge in [-0.3, -0.25) is 4.79 Å². The molecule has 1 N–H and O–H groups in total. The molecule has 120 valence electrons. The Hall–Kier alpha value is -1.62. The van der Waals surface area contributed by atoms with E-state index in [1.165, 1.54) is 6.92 Å². The molecule has 0 aromatic rings. The topological polar surface area (TPSA) is 72.8 Å². The van der Waals surface area contributed by atoms with Crippen LogP contribution in [0.15, 0.2) is 23.8 Å². The van der Waals surface area contributed by atoms with Gasteiger partial charge in [0.15, 0.2) is 0 Å². The Labute approximate surface area is 130 Å². The van der Waals surface area contributed by atoms with E-state index in [1.807, 2.05) is 13.0 Å². The van der Waals surface area contributed by atoms with Gasteiger partial charge < -0.3 is 14.6 Å². The van der Waals surface area contributed by atoms with E-state index >= 15 is 0 Å². The smallest absolute Gasteiger partial charge is 0.334 e. The van der Waals surface area contributed by atoms with Crippen molar-refractivity contribution in [3.63, 3.8) is 0 Å². The van der Waals surface area contributed by atoms with E-state index < -0.39 is 5.60 Å². The van der Waals surface area contributed by atoms with Gasteiger partial charge in [-0.1, -0.05) is 12.2 Å². The molecule has 0 unspecified atom stereocenters. The highest BCUT2D eigenvalue weighted by atomic mass is 16.6. The first kappa shape index (κ1) is 15.3. The van der Waals surface area contributed by atoms with Gasteiger partial charge in [-0.25, -0.2) is 4.79 Å². The molecule has 0 bridgehead atoms. The molecule has 5 heteroatoms. The molecular weight excluding hydrogens is 284 g/mol. The summed E-state index contributed by atoms with van der Waals surface area (Å²) in [5.41, 5.74) is 0.534. The third-order valence-electron chi connectivity index (χ3n) is 5.37. The van der Waals surface area contributed by atoms with Gasteiger partial charge in [-0.05, 0) is 32.3 Å². The number of carbonyl (C=O) groups excluding carboxylic acids is 2. The highest BCUT2D eigenvalue weighted by molar-refractivity contribution is 5.91. The lowest BCUT2D eigenvalue weighted by atomic mass is 9.78. The molecule has 1 saturated carbocycles. The molecule has 1 aliphatic heterocycles. The minimum Gasteiger partial charge on any atom is -0.462 e. The summed E-state index contributed by atoms with van der Waals surface area (Å²) in [4.78, 5) is 23.1. The standard InChI is InChI=1S/C17H22O5/c1-8-5-13-11(9(2)16(19)22-13)6-12-15(8)14(21-10(3)18)7-17(12,4)20/h5,11-15,20H,2,6-7H2,1,3-4H3/t11-,12+,13-,14-,15+,17+/m0/s1. The third-order valence-corrected chi connectivity index (χ3v) is 5.37. The Bertz CT molecular complexity index is 574. The van der Waals surface area contributed by atoms with Crippen LogP contribution in [-0.2, 0) is 19.1 Å². The van der Waals surface area contributed by atoms with E-state index in [0.717, 1.165) is 5.57 Å². The van der Waals surface area contributed by atoms with Crippen LogP contribution in [0.5, 0.6) is 0 Å². The normalized spacial score (nSPS) is 43.8. The fourth-order valence-electron chi connectivity index (χ4n) is 4.37. The zero-order valence-corrected chi connectivity index (χ0v) is 13.2. The molecule has 0 aromatic carbocycles. The molecule has 0 aromatic heterocycles. The fraction of sp³-hybridized carbons (Fsp3) is 0.647. The molecular formula is C17H22O5. The number of fused-ring (bicyclic) bond motifs is 2. The van der Waals surface area contributed by atoms with Crippen molar-refractivity contribution in [2.45, 2.75) is 51.4 Å². The van der Waals surface area contributed by atoms with E-state index in [2.05, 4.69) is 6.58 Å². The van der Waals surface area contributed by atoms with Gasteiger partial charge in [0.05, 0.1) is 5.60 Å². The summed E-state index contributed by atoms with van der Waals surface area (Å²) < 4.78 is 10.8. The number of ether oxygens (including phenoxy) is 2. The predicted octanol–water partition coefficient (Wildman–Crippen LogP) is 1.75. The van der Waals surface area contributed by atoms with Crippen LogP contribution in [0, 0.1) is 17.8 Å². The summed E-state index contributed by atoms with van der Waals surface area (Å²) in [6, 6.07) is 0. The Balaban J connectivity index is 1.98. The van der Waals surface area contributed by atoms with Gasteiger partial charge in [0, 0.05) is 30.8 Å². The van der Waals surface area contributed by atoms with Crippen molar-refractivity contribution in [1.82, 2.24) is 0 Å². The lowest BCUT2D eigenvalue weighted by molar-refractivity contribution is -0.148. The van der Waals surface area contributed by atoms with E-state index in [4.69, 9.17) is 9.47 Å². The molecule has 3 rings (SSSR count). The van der Waals surface area contributed by atoms with Crippen LogP contribution in [0.2, 0.25) is 0 Å². The third kappa shape index (κ3) is 2.28. The highest BCUT2D eigenvalue weighted by Gasteiger charge is 2.55. The summed E-state index contributed by atoms with van der Waals surface area (Å²) in [5, 5.41) is 10.8. The van der Waals surface area contributed by atoms with Crippen molar-refractivity contribution >= 4 is 11.9 Å². The Kier molecular flexibility index (Phi) is 3.44. The minimum absolute atomic E-state index is 0.0454. The Morgan fingerprint density at radius 2 is 2.23 bits per heavy atom. The van der Waals surface area contributed by atoms with Gasteiger partial charge in [-0.2, -0.15) is 0 Å². The Morgan fingerprint density at radius 1 is 1.55 bits per heavy atom. The van der Waals surface area contributed by atoms with Crippen molar-refractivity contribution in [1.29, 1.82) is 0 Å². The first-order valence-electron chi connectivity index (χ1n) is 7.68. The average Bonchev–Trinajstić information content (AvgIpc) is 2.71. The highest BCUT2D eigenvalue weighted by Crippen LogP contribution is 2.52. The van der Waals surface area contributed by atoms with Gasteiger partial charge in [-0.15, -0.1) is 0 Å². The number of esters is 2.